The van der Waals surface area contributed by atoms with E-state index in [0.717, 1.165) is 25.9 Å². The van der Waals surface area contributed by atoms with Crippen LogP contribution in [-0.2, 0) is 4.79 Å². The highest BCUT2D eigenvalue weighted by Gasteiger charge is 2.29. The Bertz CT molecular complexity index is 409. The number of urea groups is 1. The number of hydrogen-bond acceptors (Lipinski definition) is 3. The number of carbonyl (C=O) groups excluding carboxylic acids is 2. The predicted octanol–water partition coefficient (Wildman–Crippen LogP) is 1.92. The standard InChI is InChI=1S/C17H32N4O2.ClH/c1-3-19(4-2)17(23)21-11-9-20(10-12-21)16(22)13-14-7-5-6-8-15(14)18;/h14-15H,3-13,18H2,1-2H3;1H. The first-order chi connectivity index (χ1) is 11.1. The normalized spacial score (nSPS) is 24.3. The molecule has 24 heavy (non-hydrogen) atoms. The van der Waals surface area contributed by atoms with Gasteiger partial charge in [-0.05, 0) is 32.6 Å². The van der Waals surface area contributed by atoms with Crippen molar-refractivity contribution in [2.45, 2.75) is 52.0 Å². The van der Waals surface area contributed by atoms with E-state index in [0.29, 0.717) is 38.5 Å². The fourth-order valence-electron chi connectivity index (χ4n) is 3.68. The van der Waals surface area contributed by atoms with Crippen LogP contribution < -0.4 is 5.73 Å². The van der Waals surface area contributed by atoms with E-state index in [1.807, 2.05) is 28.5 Å². The first kappa shape index (κ1) is 21.0. The number of rotatable bonds is 4. The first-order valence-corrected chi connectivity index (χ1v) is 9.14. The fourth-order valence-corrected chi connectivity index (χ4v) is 3.68. The molecule has 0 radical (unpaired) electrons. The zero-order valence-corrected chi connectivity index (χ0v) is 15.9. The minimum Gasteiger partial charge on any atom is -0.339 e. The Balaban J connectivity index is 0.00000288. The molecule has 0 aromatic carbocycles. The average Bonchev–Trinajstić information content (AvgIpc) is 2.58. The third kappa shape index (κ3) is 5.24. The summed E-state index contributed by atoms with van der Waals surface area (Å²) < 4.78 is 0. The van der Waals surface area contributed by atoms with E-state index >= 15 is 0 Å². The SMILES string of the molecule is CCN(CC)C(=O)N1CCN(C(=O)CC2CCCCC2N)CC1.Cl. The van der Waals surface area contributed by atoms with Crippen LogP contribution in [0, 0.1) is 5.92 Å². The number of carbonyl (C=O) groups is 2. The van der Waals surface area contributed by atoms with Gasteiger partial charge in [0.25, 0.3) is 0 Å². The van der Waals surface area contributed by atoms with E-state index in [2.05, 4.69) is 0 Å². The van der Waals surface area contributed by atoms with Crippen molar-refractivity contribution in [3.63, 3.8) is 0 Å². The lowest BCUT2D eigenvalue weighted by atomic mass is 9.82. The van der Waals surface area contributed by atoms with Gasteiger partial charge in [0.05, 0.1) is 0 Å². The average molecular weight is 361 g/mol. The van der Waals surface area contributed by atoms with Gasteiger partial charge in [0, 0.05) is 51.7 Å². The second-order valence-corrected chi connectivity index (χ2v) is 6.74. The molecule has 1 aliphatic heterocycles. The highest BCUT2D eigenvalue weighted by atomic mass is 35.5. The van der Waals surface area contributed by atoms with Crippen LogP contribution in [0.2, 0.25) is 0 Å². The van der Waals surface area contributed by atoms with Crippen molar-refractivity contribution in [1.29, 1.82) is 0 Å². The number of halogens is 1. The molecule has 0 bridgehead atoms. The molecule has 2 unspecified atom stereocenters. The summed E-state index contributed by atoms with van der Waals surface area (Å²) in [6, 6.07) is 0.273. The largest absolute Gasteiger partial charge is 0.339 e. The Morgan fingerprint density at radius 1 is 1.00 bits per heavy atom. The molecule has 2 rings (SSSR count). The van der Waals surface area contributed by atoms with Gasteiger partial charge in [0.15, 0.2) is 0 Å². The Labute approximate surface area is 152 Å². The third-order valence-corrected chi connectivity index (χ3v) is 5.34. The van der Waals surface area contributed by atoms with Gasteiger partial charge in [0.2, 0.25) is 5.91 Å². The molecule has 7 heteroatoms. The molecular weight excluding hydrogens is 328 g/mol. The maximum absolute atomic E-state index is 12.5. The molecule has 1 saturated carbocycles. The van der Waals surface area contributed by atoms with E-state index in [-0.39, 0.29) is 30.4 Å². The lowest BCUT2D eigenvalue weighted by molar-refractivity contribution is -0.134. The van der Waals surface area contributed by atoms with E-state index in [9.17, 15) is 9.59 Å². The summed E-state index contributed by atoms with van der Waals surface area (Å²) in [4.78, 5) is 30.4. The van der Waals surface area contributed by atoms with E-state index in [4.69, 9.17) is 5.73 Å². The van der Waals surface area contributed by atoms with Gasteiger partial charge in [-0.25, -0.2) is 4.79 Å². The topological polar surface area (TPSA) is 69.9 Å². The highest BCUT2D eigenvalue weighted by molar-refractivity contribution is 5.85. The number of amides is 3. The molecule has 0 spiro atoms. The molecule has 1 aliphatic carbocycles. The van der Waals surface area contributed by atoms with Gasteiger partial charge in [-0.15, -0.1) is 12.4 Å². The molecule has 1 heterocycles. The highest BCUT2D eigenvalue weighted by Crippen LogP contribution is 2.26. The molecule has 3 amide bonds. The lowest BCUT2D eigenvalue weighted by Gasteiger charge is -2.38. The number of hydrogen-bond donors (Lipinski definition) is 1. The smallest absolute Gasteiger partial charge is 0.320 e. The summed E-state index contributed by atoms with van der Waals surface area (Å²) in [6.45, 7) is 8.02. The second-order valence-electron chi connectivity index (χ2n) is 6.74. The quantitative estimate of drug-likeness (QED) is 0.832. The molecule has 0 aromatic heterocycles. The summed E-state index contributed by atoms with van der Waals surface area (Å²) in [6.07, 6.45) is 5.08. The van der Waals surface area contributed by atoms with Crippen LogP contribution in [0.25, 0.3) is 0 Å². The number of nitrogens with two attached hydrogens (primary N) is 1. The Kier molecular flexibility index (Phi) is 8.84. The molecule has 2 fully saturated rings. The molecule has 140 valence electrons. The van der Waals surface area contributed by atoms with E-state index in [1.54, 1.807) is 0 Å². The van der Waals surface area contributed by atoms with Crippen molar-refractivity contribution in [2.24, 2.45) is 11.7 Å². The van der Waals surface area contributed by atoms with Gasteiger partial charge in [-0.1, -0.05) is 12.8 Å². The van der Waals surface area contributed by atoms with Crippen LogP contribution >= 0.6 is 12.4 Å². The molecule has 1 saturated heterocycles. The van der Waals surface area contributed by atoms with Gasteiger partial charge < -0.3 is 20.4 Å². The van der Waals surface area contributed by atoms with Crippen molar-refractivity contribution in [3.05, 3.63) is 0 Å². The summed E-state index contributed by atoms with van der Waals surface area (Å²) in [5, 5.41) is 0. The van der Waals surface area contributed by atoms with Crippen molar-refractivity contribution < 1.29 is 9.59 Å². The third-order valence-electron chi connectivity index (χ3n) is 5.34. The monoisotopic (exact) mass is 360 g/mol. The van der Waals surface area contributed by atoms with Crippen molar-refractivity contribution in [3.8, 4) is 0 Å². The second kappa shape index (κ2) is 10.1. The van der Waals surface area contributed by atoms with Crippen LogP contribution in [0.4, 0.5) is 4.79 Å². The van der Waals surface area contributed by atoms with Crippen molar-refractivity contribution >= 4 is 24.3 Å². The molecule has 2 aliphatic rings. The fraction of sp³-hybridized carbons (Fsp3) is 0.882. The Morgan fingerprint density at radius 2 is 1.54 bits per heavy atom. The predicted molar refractivity (Wildman–Crippen MR) is 98.3 cm³/mol. The summed E-state index contributed by atoms with van der Waals surface area (Å²) >= 11 is 0. The van der Waals surface area contributed by atoms with Gasteiger partial charge in [0.1, 0.15) is 0 Å². The zero-order chi connectivity index (χ0) is 16.8. The summed E-state index contributed by atoms with van der Waals surface area (Å²) in [5.41, 5.74) is 6.15. The van der Waals surface area contributed by atoms with Crippen LogP contribution in [-0.4, -0.2) is 71.9 Å². The molecule has 6 nitrogen and oxygen atoms in total. The summed E-state index contributed by atoms with van der Waals surface area (Å²) in [5.74, 6) is 0.550. The van der Waals surface area contributed by atoms with Crippen LogP contribution in [0.15, 0.2) is 0 Å². The molecular formula is C17H33ClN4O2. The lowest BCUT2D eigenvalue weighted by Crippen LogP contribution is -2.54. The Morgan fingerprint density at radius 3 is 2.08 bits per heavy atom. The van der Waals surface area contributed by atoms with Crippen LogP contribution in [0.5, 0.6) is 0 Å². The number of piperazine rings is 1. The maximum atomic E-state index is 12.5. The summed E-state index contributed by atoms with van der Waals surface area (Å²) in [7, 11) is 0. The first-order valence-electron chi connectivity index (χ1n) is 9.14. The molecule has 2 N–H and O–H groups in total. The van der Waals surface area contributed by atoms with Crippen molar-refractivity contribution in [2.75, 3.05) is 39.3 Å². The molecule has 0 aromatic rings. The van der Waals surface area contributed by atoms with Crippen LogP contribution in [0.1, 0.15) is 46.0 Å². The maximum Gasteiger partial charge on any atom is 0.320 e. The van der Waals surface area contributed by atoms with E-state index < -0.39 is 0 Å². The van der Waals surface area contributed by atoms with Gasteiger partial charge >= 0.3 is 6.03 Å². The van der Waals surface area contributed by atoms with Crippen LogP contribution in [0.3, 0.4) is 0 Å². The number of nitrogens with zero attached hydrogens (tertiary/aromatic N) is 3. The minimum atomic E-state index is 0. The van der Waals surface area contributed by atoms with E-state index in [1.165, 1.54) is 12.8 Å². The zero-order valence-electron chi connectivity index (χ0n) is 15.1. The van der Waals surface area contributed by atoms with Gasteiger partial charge in [-0.3, -0.25) is 4.79 Å². The molecule has 2 atom stereocenters. The van der Waals surface area contributed by atoms with Crippen molar-refractivity contribution in [1.82, 2.24) is 14.7 Å². The minimum absolute atomic E-state index is 0. The Hall–Kier alpha value is -1.01. The van der Waals surface area contributed by atoms with Gasteiger partial charge in [-0.2, -0.15) is 0 Å².